The number of thioether (sulfide) groups is 1. The van der Waals surface area contributed by atoms with Gasteiger partial charge in [0.15, 0.2) is 22.8 Å². The summed E-state index contributed by atoms with van der Waals surface area (Å²) in [7, 11) is -21.0. The molecule has 0 saturated carbocycles. The quantitative estimate of drug-likeness (QED) is 0.0523. The molecule has 2 aromatic heterocycles. The number of nitrogens with zero attached hydrogens (tertiary/aromatic N) is 4. The first kappa shape index (κ1) is 49.8. The third-order valence-electron chi connectivity index (χ3n) is 6.81. The van der Waals surface area contributed by atoms with Crippen molar-refractivity contribution >= 4 is 77.0 Å². The van der Waals surface area contributed by atoms with Gasteiger partial charge in [0.25, 0.3) is 0 Å². The zero-order valence-corrected chi connectivity index (χ0v) is 33.7. The number of carbonyl (C=O) groups is 3. The van der Waals surface area contributed by atoms with Gasteiger partial charge in [0.1, 0.15) is 36.3 Å². The van der Waals surface area contributed by atoms with Crippen molar-refractivity contribution in [3.63, 3.8) is 0 Å². The maximum atomic E-state index is 12.6. The largest absolute Gasteiger partial charge is 0.481 e. The number of rotatable bonds is 19. The van der Waals surface area contributed by atoms with Gasteiger partial charge in [-0.1, -0.05) is 25.6 Å². The first-order valence-corrected chi connectivity index (χ1v) is 22.4. The number of nitrogen functional groups attached to an aromatic ring is 1. The molecule has 2 amide bonds. The Labute approximate surface area is 320 Å². The van der Waals surface area contributed by atoms with Crippen LogP contribution in [-0.2, 0) is 55.3 Å². The lowest BCUT2D eigenvalue weighted by Gasteiger charge is -2.30. The maximum absolute atomic E-state index is 12.6. The molecule has 1 aliphatic rings. The molecule has 1 fully saturated rings. The zero-order chi connectivity index (χ0) is 42.9. The SMILES string of the molecule is CC(=O)SCCNC(=O)CCNC(=O)C(O)C(C)(C)COP(=O)(O)OP(=O)(O)OC[C@H]1O[C@@H](n2cnc3c(N)ncnc32)[C@H](O)[C@@H]1OP(=O)(O)O.O=P(O)(O)O. The zero-order valence-electron chi connectivity index (χ0n) is 29.3. The van der Waals surface area contributed by atoms with Crippen LogP contribution in [-0.4, -0.2) is 137 Å². The number of phosphoric ester groups is 3. The molecule has 0 bridgehead atoms. The van der Waals surface area contributed by atoms with E-state index in [0.29, 0.717) is 5.75 Å². The fourth-order valence-corrected chi connectivity index (χ4v) is 7.65. The lowest BCUT2D eigenvalue weighted by molar-refractivity contribution is -0.137. The minimum Gasteiger partial charge on any atom is -0.386 e. The highest BCUT2D eigenvalue weighted by molar-refractivity contribution is 8.13. The van der Waals surface area contributed by atoms with Crippen molar-refractivity contribution in [3.8, 4) is 0 Å². The highest BCUT2D eigenvalue weighted by atomic mass is 32.2. The van der Waals surface area contributed by atoms with Crippen molar-refractivity contribution in [3.05, 3.63) is 12.7 Å². The van der Waals surface area contributed by atoms with Gasteiger partial charge in [-0.15, -0.1) is 0 Å². The van der Waals surface area contributed by atoms with Gasteiger partial charge in [-0.2, -0.15) is 4.31 Å². The molecule has 7 atom stereocenters. The van der Waals surface area contributed by atoms with Crippen LogP contribution in [0, 0.1) is 5.41 Å². The summed E-state index contributed by atoms with van der Waals surface area (Å²) in [6.45, 7) is 1.90. The van der Waals surface area contributed by atoms with Crippen LogP contribution in [0.4, 0.5) is 5.82 Å². The second kappa shape index (κ2) is 20.6. The van der Waals surface area contributed by atoms with Gasteiger partial charge in [0.2, 0.25) is 11.8 Å². The predicted molar refractivity (Wildman–Crippen MR) is 187 cm³/mol. The van der Waals surface area contributed by atoms with Gasteiger partial charge in [0.05, 0.1) is 19.5 Å². The van der Waals surface area contributed by atoms with E-state index in [1.54, 1.807) is 0 Å². The number of carbonyl (C=O) groups excluding carboxylic acids is 3. The smallest absolute Gasteiger partial charge is 0.386 e. The standard InChI is InChI=1S/C23H38N7O17P3S.H3O4P/c1-12(31)51-7-6-25-14(32)4-5-26-21(35)18(34)23(2,3)9-44-50(41,42)47-49(39,40)43-8-13-17(46-48(36,37)38)16(33)22(45-13)30-11-29-15-19(24)27-10-28-20(15)30;1-5(2,3)4/h10-11,13,16-18,22,33-34H,4-9H2,1-3H3,(H,25,32)(H,26,35)(H,39,40)(H,41,42)(H2,24,27,28)(H2,36,37,38);(H3,1,2,3,4)/t13-,16-,17-,18?,22-;/m1./s1. The Balaban J connectivity index is 0.00000203. The number of nitrogens with two attached hydrogens (primary N) is 1. The van der Waals surface area contributed by atoms with E-state index in [4.69, 9.17) is 38.8 Å². The number of imidazole rings is 1. The van der Waals surface area contributed by atoms with Crippen molar-refractivity contribution in [2.45, 2.75) is 57.8 Å². The molecular formula is C23H41N7O21P4S. The van der Waals surface area contributed by atoms with Crippen LogP contribution in [0.1, 0.15) is 33.4 Å². The molecule has 3 heterocycles. The van der Waals surface area contributed by atoms with Gasteiger partial charge in [-0.05, 0) is 0 Å². The fraction of sp³-hybridized carbons (Fsp3) is 0.652. The molecule has 3 rings (SSSR count). The lowest BCUT2D eigenvalue weighted by Crippen LogP contribution is -2.46. The molecule has 0 spiro atoms. The number of ether oxygens (including phenoxy) is 1. The second-order valence-electron chi connectivity index (χ2n) is 11.9. The third-order valence-corrected chi connectivity index (χ3v) is 10.7. The summed E-state index contributed by atoms with van der Waals surface area (Å²) < 4.78 is 70.7. The summed E-state index contributed by atoms with van der Waals surface area (Å²) in [6.07, 6.45) is -6.88. The van der Waals surface area contributed by atoms with Crippen LogP contribution in [0.3, 0.4) is 0 Å². The molecule has 0 aromatic carbocycles. The summed E-state index contributed by atoms with van der Waals surface area (Å²) >= 11 is 1.03. The van der Waals surface area contributed by atoms with Crippen molar-refractivity contribution < 1.29 is 99.7 Å². The van der Waals surface area contributed by atoms with E-state index in [2.05, 4.69) is 34.4 Å². The number of aliphatic hydroxyl groups excluding tert-OH is 2. The average Bonchev–Trinajstić information content (AvgIpc) is 3.60. The van der Waals surface area contributed by atoms with Crippen molar-refractivity contribution in [2.24, 2.45) is 5.41 Å². The Hall–Kier alpha value is -2.33. The lowest BCUT2D eigenvalue weighted by atomic mass is 9.87. The molecule has 33 heteroatoms. The van der Waals surface area contributed by atoms with Gasteiger partial charge < -0.3 is 65.6 Å². The molecule has 320 valence electrons. The number of fused-ring (bicyclic) bond motifs is 1. The molecule has 13 N–H and O–H groups in total. The maximum Gasteiger partial charge on any atom is 0.481 e. The molecule has 3 unspecified atom stereocenters. The molecule has 1 saturated heterocycles. The minimum atomic E-state index is -5.56. The Morgan fingerprint density at radius 2 is 1.61 bits per heavy atom. The summed E-state index contributed by atoms with van der Waals surface area (Å²) in [6, 6.07) is 0. The predicted octanol–water partition coefficient (Wildman–Crippen LogP) is -2.24. The number of hydrogen-bond donors (Lipinski definition) is 12. The number of hydrogen-bond acceptors (Lipinski definition) is 19. The van der Waals surface area contributed by atoms with E-state index in [1.807, 2.05) is 0 Å². The monoisotopic (exact) mass is 907 g/mol. The summed E-state index contributed by atoms with van der Waals surface area (Å²) in [4.78, 5) is 107. The van der Waals surface area contributed by atoms with Crippen molar-refractivity contribution in [2.75, 3.05) is 37.8 Å². The van der Waals surface area contributed by atoms with E-state index in [-0.39, 0.29) is 41.6 Å². The normalized spacial score (nSPS) is 21.6. The van der Waals surface area contributed by atoms with Crippen LogP contribution < -0.4 is 16.4 Å². The van der Waals surface area contributed by atoms with Gasteiger partial charge in [-0.25, -0.2) is 33.2 Å². The Kier molecular flexibility index (Phi) is 18.3. The van der Waals surface area contributed by atoms with Crippen LogP contribution >= 0.6 is 43.1 Å². The van der Waals surface area contributed by atoms with Crippen LogP contribution in [0.2, 0.25) is 0 Å². The van der Waals surface area contributed by atoms with E-state index in [0.717, 1.165) is 29.0 Å². The molecule has 2 aromatic rings. The number of amides is 2. The minimum absolute atomic E-state index is 0.0310. The summed E-state index contributed by atoms with van der Waals surface area (Å²) in [5, 5.41) is 26.1. The number of aromatic nitrogens is 4. The third kappa shape index (κ3) is 17.3. The van der Waals surface area contributed by atoms with Crippen molar-refractivity contribution in [1.82, 2.24) is 30.2 Å². The van der Waals surface area contributed by atoms with Crippen LogP contribution in [0.25, 0.3) is 11.2 Å². The first-order chi connectivity index (χ1) is 25.5. The Bertz CT molecular complexity index is 1870. The molecule has 28 nitrogen and oxygen atoms in total. The van der Waals surface area contributed by atoms with Gasteiger partial charge in [0, 0.05) is 37.6 Å². The van der Waals surface area contributed by atoms with E-state index >= 15 is 0 Å². The molecule has 0 radical (unpaired) electrons. The summed E-state index contributed by atoms with van der Waals surface area (Å²) in [5.41, 5.74) is 4.26. The topological polar surface area (TPSA) is 441 Å². The number of phosphoric acid groups is 4. The van der Waals surface area contributed by atoms with E-state index in [9.17, 15) is 57.9 Å². The Morgan fingerprint density at radius 1 is 1.00 bits per heavy atom. The molecule has 56 heavy (non-hydrogen) atoms. The highest BCUT2D eigenvalue weighted by Crippen LogP contribution is 2.61. The Morgan fingerprint density at radius 3 is 2.20 bits per heavy atom. The number of nitrogens with one attached hydrogen (secondary N) is 2. The second-order valence-corrected chi connectivity index (χ2v) is 18.5. The first-order valence-electron chi connectivity index (χ1n) is 15.3. The average molecular weight is 908 g/mol. The van der Waals surface area contributed by atoms with Crippen molar-refractivity contribution in [1.29, 1.82) is 0 Å². The number of aliphatic hydroxyl groups is 2. The van der Waals surface area contributed by atoms with Crippen LogP contribution in [0.15, 0.2) is 12.7 Å². The molecular weight excluding hydrogens is 866 g/mol. The number of anilines is 1. The highest BCUT2D eigenvalue weighted by Gasteiger charge is 2.50. The molecule has 0 aliphatic carbocycles. The molecule has 1 aliphatic heterocycles. The van der Waals surface area contributed by atoms with Gasteiger partial charge >= 0.3 is 31.3 Å². The summed E-state index contributed by atoms with van der Waals surface area (Å²) in [5.74, 6) is -1.08. The van der Waals surface area contributed by atoms with E-state index in [1.165, 1.54) is 20.8 Å². The van der Waals surface area contributed by atoms with E-state index < -0.39 is 92.4 Å². The van der Waals surface area contributed by atoms with Crippen LogP contribution in [0.5, 0.6) is 0 Å². The van der Waals surface area contributed by atoms with Gasteiger partial charge in [-0.3, -0.25) is 32.5 Å². The fourth-order valence-electron chi connectivity index (χ4n) is 4.32.